The van der Waals surface area contributed by atoms with E-state index in [0.717, 1.165) is 18.7 Å². The minimum Gasteiger partial charge on any atom is -0.249 e. The van der Waals surface area contributed by atoms with Crippen LogP contribution in [0.4, 0.5) is 0 Å². The molecule has 0 bridgehead atoms. The molecule has 15 heavy (non-hydrogen) atoms. The van der Waals surface area contributed by atoms with E-state index < -0.39 is 0 Å². The maximum absolute atomic E-state index is 5.91. The van der Waals surface area contributed by atoms with Crippen molar-refractivity contribution < 1.29 is 0 Å². The molecule has 0 atom stereocenters. The van der Waals surface area contributed by atoms with Crippen molar-refractivity contribution in [3.63, 3.8) is 0 Å². The van der Waals surface area contributed by atoms with E-state index in [1.807, 2.05) is 0 Å². The van der Waals surface area contributed by atoms with Gasteiger partial charge in [0.2, 0.25) is 0 Å². The molecule has 1 aliphatic rings. The van der Waals surface area contributed by atoms with Crippen LogP contribution in [-0.4, -0.2) is 15.0 Å². The van der Waals surface area contributed by atoms with Crippen molar-refractivity contribution in [2.24, 2.45) is 0 Å². The number of hydrogen-bond donors (Lipinski definition) is 0. The lowest BCUT2D eigenvalue weighted by Gasteiger charge is -2.12. The zero-order valence-electron chi connectivity index (χ0n) is 9.25. The van der Waals surface area contributed by atoms with Gasteiger partial charge in [0.25, 0.3) is 0 Å². The molecule has 1 aliphatic carbocycles. The van der Waals surface area contributed by atoms with E-state index >= 15 is 0 Å². The van der Waals surface area contributed by atoms with Gasteiger partial charge in [0.1, 0.15) is 5.69 Å². The Morgan fingerprint density at radius 3 is 2.73 bits per heavy atom. The highest BCUT2D eigenvalue weighted by Gasteiger charge is 2.24. The molecule has 2 rings (SSSR count). The summed E-state index contributed by atoms with van der Waals surface area (Å²) in [4.78, 5) is 0. The number of halogens is 1. The van der Waals surface area contributed by atoms with Gasteiger partial charge in [0, 0.05) is 12.5 Å². The lowest BCUT2D eigenvalue weighted by atomic mass is 10.0. The summed E-state index contributed by atoms with van der Waals surface area (Å²) in [5, 5.41) is 8.38. The standard InChI is InChI=1S/C11H18ClN3/c1-2-7-15-11(9-5-3-4-6-9)10(8-12)13-14-15/h9H,2-8H2,1H3. The van der Waals surface area contributed by atoms with Gasteiger partial charge in [-0.05, 0) is 19.3 Å². The van der Waals surface area contributed by atoms with E-state index in [2.05, 4.69) is 21.9 Å². The molecule has 0 amide bonds. The summed E-state index contributed by atoms with van der Waals surface area (Å²) in [5.41, 5.74) is 2.31. The molecule has 0 saturated heterocycles. The zero-order chi connectivity index (χ0) is 10.7. The monoisotopic (exact) mass is 227 g/mol. The summed E-state index contributed by atoms with van der Waals surface area (Å²) in [6.45, 7) is 3.14. The van der Waals surface area contributed by atoms with Crippen LogP contribution in [0.25, 0.3) is 0 Å². The summed E-state index contributed by atoms with van der Waals surface area (Å²) in [6.07, 6.45) is 6.33. The molecular formula is C11H18ClN3. The summed E-state index contributed by atoms with van der Waals surface area (Å²) in [6, 6.07) is 0. The van der Waals surface area contributed by atoms with Gasteiger partial charge in [0.15, 0.2) is 0 Å². The topological polar surface area (TPSA) is 30.7 Å². The first-order valence-electron chi connectivity index (χ1n) is 5.85. The fourth-order valence-electron chi connectivity index (χ4n) is 2.47. The van der Waals surface area contributed by atoms with Crippen LogP contribution in [-0.2, 0) is 12.4 Å². The minimum atomic E-state index is 0.496. The van der Waals surface area contributed by atoms with Crippen LogP contribution < -0.4 is 0 Å². The SMILES string of the molecule is CCCn1nnc(CCl)c1C1CCCC1. The van der Waals surface area contributed by atoms with Crippen LogP contribution in [0.5, 0.6) is 0 Å². The van der Waals surface area contributed by atoms with Gasteiger partial charge in [-0.3, -0.25) is 0 Å². The summed E-state index contributed by atoms with van der Waals surface area (Å²) >= 11 is 5.91. The van der Waals surface area contributed by atoms with E-state index in [1.54, 1.807) is 0 Å². The smallest absolute Gasteiger partial charge is 0.101 e. The fraction of sp³-hybridized carbons (Fsp3) is 0.818. The quantitative estimate of drug-likeness (QED) is 0.741. The first kappa shape index (κ1) is 10.9. The Morgan fingerprint density at radius 2 is 2.13 bits per heavy atom. The van der Waals surface area contributed by atoms with Gasteiger partial charge in [-0.15, -0.1) is 16.7 Å². The first-order valence-corrected chi connectivity index (χ1v) is 6.38. The summed E-state index contributed by atoms with van der Waals surface area (Å²) in [7, 11) is 0. The molecule has 0 aromatic carbocycles. The van der Waals surface area contributed by atoms with Crippen LogP contribution in [0.15, 0.2) is 0 Å². The van der Waals surface area contributed by atoms with Crippen molar-refractivity contribution in [2.75, 3.05) is 0 Å². The van der Waals surface area contributed by atoms with Crippen molar-refractivity contribution in [3.05, 3.63) is 11.4 Å². The zero-order valence-corrected chi connectivity index (χ0v) is 10.0. The third-order valence-electron chi connectivity index (χ3n) is 3.15. The van der Waals surface area contributed by atoms with Crippen molar-refractivity contribution in [1.29, 1.82) is 0 Å². The summed E-state index contributed by atoms with van der Waals surface area (Å²) < 4.78 is 2.06. The number of alkyl halides is 1. The molecule has 3 nitrogen and oxygen atoms in total. The normalized spacial score (nSPS) is 17.5. The van der Waals surface area contributed by atoms with Crippen molar-refractivity contribution in [2.45, 2.75) is 57.4 Å². The average molecular weight is 228 g/mol. The van der Waals surface area contributed by atoms with Crippen molar-refractivity contribution in [1.82, 2.24) is 15.0 Å². The maximum Gasteiger partial charge on any atom is 0.101 e. The molecule has 4 heteroatoms. The van der Waals surface area contributed by atoms with E-state index in [-0.39, 0.29) is 0 Å². The van der Waals surface area contributed by atoms with E-state index in [9.17, 15) is 0 Å². The Hall–Kier alpha value is -0.570. The second-order valence-corrected chi connectivity index (χ2v) is 4.53. The molecular weight excluding hydrogens is 210 g/mol. The molecule has 1 saturated carbocycles. The third-order valence-corrected chi connectivity index (χ3v) is 3.40. The Morgan fingerprint density at radius 1 is 1.40 bits per heavy atom. The molecule has 0 spiro atoms. The van der Waals surface area contributed by atoms with E-state index in [0.29, 0.717) is 11.8 Å². The second kappa shape index (κ2) is 4.97. The molecule has 0 unspecified atom stereocenters. The fourth-order valence-corrected chi connectivity index (χ4v) is 2.66. The molecule has 1 heterocycles. The predicted octanol–water partition coefficient (Wildman–Crippen LogP) is 3.08. The van der Waals surface area contributed by atoms with Gasteiger partial charge in [-0.2, -0.15) is 0 Å². The average Bonchev–Trinajstić information content (AvgIpc) is 2.85. The number of nitrogens with zero attached hydrogens (tertiary/aromatic N) is 3. The Bertz CT molecular complexity index is 316. The van der Waals surface area contributed by atoms with Crippen LogP contribution in [0.3, 0.4) is 0 Å². The van der Waals surface area contributed by atoms with Crippen molar-refractivity contribution in [3.8, 4) is 0 Å². The number of aromatic nitrogens is 3. The molecule has 1 aromatic rings. The lowest BCUT2D eigenvalue weighted by molar-refractivity contribution is 0.525. The Kier molecular flexibility index (Phi) is 3.62. The molecule has 0 radical (unpaired) electrons. The molecule has 0 N–H and O–H groups in total. The highest BCUT2D eigenvalue weighted by atomic mass is 35.5. The highest BCUT2D eigenvalue weighted by molar-refractivity contribution is 6.16. The molecule has 84 valence electrons. The van der Waals surface area contributed by atoms with Gasteiger partial charge < -0.3 is 0 Å². The van der Waals surface area contributed by atoms with Gasteiger partial charge in [-0.25, -0.2) is 4.68 Å². The Balaban J connectivity index is 2.27. The second-order valence-electron chi connectivity index (χ2n) is 4.26. The third kappa shape index (κ3) is 2.17. The van der Waals surface area contributed by atoms with Gasteiger partial charge >= 0.3 is 0 Å². The van der Waals surface area contributed by atoms with E-state index in [1.165, 1.54) is 31.4 Å². The molecule has 1 aromatic heterocycles. The van der Waals surface area contributed by atoms with Gasteiger partial charge in [0.05, 0.1) is 11.6 Å². The van der Waals surface area contributed by atoms with Crippen molar-refractivity contribution >= 4 is 11.6 Å². The number of hydrogen-bond acceptors (Lipinski definition) is 2. The Labute approximate surface area is 95.8 Å². The van der Waals surface area contributed by atoms with Crippen LogP contribution in [0.2, 0.25) is 0 Å². The minimum absolute atomic E-state index is 0.496. The molecule has 1 fully saturated rings. The van der Waals surface area contributed by atoms with Crippen LogP contribution >= 0.6 is 11.6 Å². The van der Waals surface area contributed by atoms with E-state index in [4.69, 9.17) is 11.6 Å². The lowest BCUT2D eigenvalue weighted by Crippen LogP contribution is -2.08. The molecule has 0 aliphatic heterocycles. The highest BCUT2D eigenvalue weighted by Crippen LogP contribution is 2.35. The number of aryl methyl sites for hydroxylation is 1. The maximum atomic E-state index is 5.91. The first-order chi connectivity index (χ1) is 7.36. The largest absolute Gasteiger partial charge is 0.249 e. The van der Waals surface area contributed by atoms with Gasteiger partial charge in [-0.1, -0.05) is 25.0 Å². The summed E-state index contributed by atoms with van der Waals surface area (Å²) in [5.74, 6) is 1.15. The van der Waals surface area contributed by atoms with Crippen LogP contribution in [0, 0.1) is 0 Å². The number of rotatable bonds is 4. The van der Waals surface area contributed by atoms with Crippen LogP contribution in [0.1, 0.15) is 56.3 Å². The predicted molar refractivity (Wildman–Crippen MR) is 61.1 cm³/mol.